The zero-order valence-corrected chi connectivity index (χ0v) is 14.0. The van der Waals surface area contributed by atoms with E-state index >= 15 is 0 Å². The van der Waals surface area contributed by atoms with Crippen LogP contribution in [0.4, 0.5) is 5.69 Å². The fourth-order valence-electron chi connectivity index (χ4n) is 3.03. The lowest BCUT2D eigenvalue weighted by Gasteiger charge is -2.30. The third-order valence-corrected chi connectivity index (χ3v) is 4.46. The van der Waals surface area contributed by atoms with E-state index in [-0.39, 0.29) is 17.7 Å². The van der Waals surface area contributed by atoms with Gasteiger partial charge < -0.3 is 15.2 Å². The number of aromatic nitrogens is 2. The first-order chi connectivity index (χ1) is 11.5. The first-order valence-corrected chi connectivity index (χ1v) is 8.21. The van der Waals surface area contributed by atoms with Crippen LogP contribution in [0.25, 0.3) is 11.3 Å². The van der Waals surface area contributed by atoms with Crippen molar-refractivity contribution in [2.75, 3.05) is 18.4 Å². The van der Waals surface area contributed by atoms with Gasteiger partial charge in [0.2, 0.25) is 11.8 Å². The van der Waals surface area contributed by atoms with Crippen molar-refractivity contribution in [3.8, 4) is 11.3 Å². The highest BCUT2D eigenvalue weighted by Crippen LogP contribution is 2.23. The van der Waals surface area contributed by atoms with Gasteiger partial charge >= 0.3 is 0 Å². The molecule has 1 aromatic carbocycles. The van der Waals surface area contributed by atoms with E-state index < -0.39 is 0 Å². The number of aryl methyl sites for hydroxylation is 1. The number of carbonyl (C=O) groups is 2. The lowest BCUT2D eigenvalue weighted by Crippen LogP contribution is -2.40. The number of nitrogens with one attached hydrogen (secondary N) is 2. The zero-order valence-electron chi connectivity index (χ0n) is 14.0. The molecule has 0 radical (unpaired) electrons. The summed E-state index contributed by atoms with van der Waals surface area (Å²) >= 11 is 0. The van der Waals surface area contributed by atoms with Crippen molar-refractivity contribution in [2.24, 2.45) is 5.92 Å². The first kappa shape index (κ1) is 16.2. The zero-order chi connectivity index (χ0) is 17.1. The number of carbonyl (C=O) groups excluding carboxylic acids is 2. The van der Waals surface area contributed by atoms with Crippen LogP contribution in [0.2, 0.25) is 0 Å². The van der Waals surface area contributed by atoms with E-state index in [4.69, 9.17) is 0 Å². The highest BCUT2D eigenvalue weighted by molar-refractivity contribution is 5.93. The molecule has 1 aromatic heterocycles. The van der Waals surface area contributed by atoms with Crippen LogP contribution in [0.5, 0.6) is 0 Å². The number of hydrogen-bond donors (Lipinski definition) is 2. The molecule has 0 bridgehead atoms. The molecular weight excluding hydrogens is 304 g/mol. The highest BCUT2D eigenvalue weighted by Gasteiger charge is 2.26. The van der Waals surface area contributed by atoms with Crippen LogP contribution in [0.3, 0.4) is 0 Å². The summed E-state index contributed by atoms with van der Waals surface area (Å²) in [5, 5.41) is 3.00. The molecule has 24 heavy (non-hydrogen) atoms. The number of imidazole rings is 1. The molecule has 1 aliphatic rings. The Balaban J connectivity index is 1.64. The van der Waals surface area contributed by atoms with Crippen molar-refractivity contribution >= 4 is 17.5 Å². The fourth-order valence-corrected chi connectivity index (χ4v) is 3.03. The lowest BCUT2D eigenvalue weighted by atomic mass is 9.95. The Hall–Kier alpha value is -2.63. The van der Waals surface area contributed by atoms with E-state index in [1.165, 1.54) is 0 Å². The minimum absolute atomic E-state index is 0.0242. The molecular formula is C18H22N4O2. The molecule has 6 heteroatoms. The number of aromatic amines is 1. The molecule has 2 aromatic rings. The molecule has 2 N–H and O–H groups in total. The van der Waals surface area contributed by atoms with Crippen LogP contribution in [0.1, 0.15) is 25.6 Å². The maximum Gasteiger partial charge on any atom is 0.227 e. The van der Waals surface area contributed by atoms with Crippen LogP contribution in [0, 0.1) is 12.8 Å². The smallest absolute Gasteiger partial charge is 0.227 e. The number of benzene rings is 1. The largest absolute Gasteiger partial charge is 0.343 e. The maximum atomic E-state index is 12.5. The van der Waals surface area contributed by atoms with Crippen LogP contribution in [-0.4, -0.2) is 39.8 Å². The van der Waals surface area contributed by atoms with Gasteiger partial charge in [0, 0.05) is 37.2 Å². The predicted molar refractivity (Wildman–Crippen MR) is 92.4 cm³/mol. The minimum Gasteiger partial charge on any atom is -0.343 e. The van der Waals surface area contributed by atoms with Crippen LogP contribution < -0.4 is 5.32 Å². The van der Waals surface area contributed by atoms with Crippen LogP contribution >= 0.6 is 0 Å². The molecule has 3 rings (SSSR count). The average Bonchev–Trinajstić information content (AvgIpc) is 3.02. The monoisotopic (exact) mass is 326 g/mol. The number of hydrogen-bond acceptors (Lipinski definition) is 3. The topological polar surface area (TPSA) is 78.1 Å². The second-order valence-corrected chi connectivity index (χ2v) is 6.23. The molecule has 1 saturated heterocycles. The number of likely N-dealkylation sites (tertiary alicyclic amines) is 1. The second-order valence-electron chi connectivity index (χ2n) is 6.23. The van der Waals surface area contributed by atoms with Crippen molar-refractivity contribution in [1.82, 2.24) is 14.9 Å². The molecule has 0 aliphatic carbocycles. The number of anilines is 1. The Morgan fingerprint density at radius 2 is 2.04 bits per heavy atom. The molecule has 2 heterocycles. The summed E-state index contributed by atoms with van der Waals surface area (Å²) in [6.07, 6.45) is 3.21. The van der Waals surface area contributed by atoms with Gasteiger partial charge in [-0.3, -0.25) is 9.59 Å². The summed E-state index contributed by atoms with van der Waals surface area (Å²) in [5.41, 5.74) is 2.69. The van der Waals surface area contributed by atoms with Crippen molar-refractivity contribution in [2.45, 2.75) is 26.7 Å². The van der Waals surface area contributed by atoms with E-state index in [1.807, 2.05) is 31.2 Å². The Labute approximate surface area is 141 Å². The van der Waals surface area contributed by atoms with Gasteiger partial charge in [0.15, 0.2) is 0 Å². The van der Waals surface area contributed by atoms with Gasteiger partial charge in [0.25, 0.3) is 0 Å². The number of amides is 2. The summed E-state index contributed by atoms with van der Waals surface area (Å²) in [6.45, 7) is 4.79. The van der Waals surface area contributed by atoms with Gasteiger partial charge in [-0.25, -0.2) is 4.98 Å². The van der Waals surface area contributed by atoms with Crippen LogP contribution in [0.15, 0.2) is 30.5 Å². The Bertz CT molecular complexity index is 745. The molecule has 1 aliphatic heterocycles. The number of rotatable bonds is 3. The van der Waals surface area contributed by atoms with Crippen molar-refractivity contribution in [3.05, 3.63) is 36.3 Å². The summed E-state index contributed by atoms with van der Waals surface area (Å²) in [6, 6.07) is 7.72. The molecule has 0 atom stereocenters. The van der Waals surface area contributed by atoms with Gasteiger partial charge in [-0.15, -0.1) is 0 Å². The third kappa shape index (κ3) is 3.64. The molecule has 2 amide bonds. The maximum absolute atomic E-state index is 12.5. The second kappa shape index (κ2) is 6.86. The molecule has 6 nitrogen and oxygen atoms in total. The molecule has 0 saturated carbocycles. The number of nitrogens with zero attached hydrogens (tertiary/aromatic N) is 2. The van der Waals surface area contributed by atoms with Gasteiger partial charge in [-0.1, -0.05) is 12.1 Å². The van der Waals surface area contributed by atoms with Crippen LogP contribution in [-0.2, 0) is 9.59 Å². The van der Waals surface area contributed by atoms with Gasteiger partial charge in [0.05, 0.1) is 11.9 Å². The van der Waals surface area contributed by atoms with Gasteiger partial charge in [0.1, 0.15) is 5.82 Å². The Kier molecular flexibility index (Phi) is 4.64. The quantitative estimate of drug-likeness (QED) is 0.910. The number of piperidine rings is 1. The fraction of sp³-hybridized carbons (Fsp3) is 0.389. The van der Waals surface area contributed by atoms with E-state index in [1.54, 1.807) is 18.0 Å². The normalized spacial score (nSPS) is 15.3. The molecule has 0 spiro atoms. The van der Waals surface area contributed by atoms with E-state index in [9.17, 15) is 9.59 Å². The third-order valence-electron chi connectivity index (χ3n) is 4.46. The van der Waals surface area contributed by atoms with Gasteiger partial charge in [-0.05, 0) is 31.9 Å². The van der Waals surface area contributed by atoms with E-state index in [0.717, 1.165) is 22.8 Å². The summed E-state index contributed by atoms with van der Waals surface area (Å²) in [4.78, 5) is 33.0. The van der Waals surface area contributed by atoms with Gasteiger partial charge in [-0.2, -0.15) is 0 Å². The average molecular weight is 326 g/mol. The van der Waals surface area contributed by atoms with Crippen molar-refractivity contribution < 1.29 is 9.59 Å². The minimum atomic E-state index is -0.0429. The first-order valence-electron chi connectivity index (χ1n) is 8.21. The van der Waals surface area contributed by atoms with Crippen molar-refractivity contribution in [3.63, 3.8) is 0 Å². The summed E-state index contributed by atoms with van der Waals surface area (Å²) in [7, 11) is 0. The summed E-state index contributed by atoms with van der Waals surface area (Å²) < 4.78 is 0. The lowest BCUT2D eigenvalue weighted by molar-refractivity contribution is -0.132. The Morgan fingerprint density at radius 1 is 1.29 bits per heavy atom. The predicted octanol–water partition coefficient (Wildman–Crippen LogP) is 2.58. The number of H-pyrrole nitrogens is 1. The molecule has 0 unspecified atom stereocenters. The molecule has 126 valence electrons. The van der Waals surface area contributed by atoms with Crippen molar-refractivity contribution in [1.29, 1.82) is 0 Å². The van der Waals surface area contributed by atoms with E-state index in [2.05, 4.69) is 15.3 Å². The summed E-state index contributed by atoms with van der Waals surface area (Å²) in [5.74, 6) is 0.919. The SMILES string of the molecule is CC(=O)N1CCC(C(=O)Nc2cccc(-c3cnc(C)[nH]3)c2)CC1. The highest BCUT2D eigenvalue weighted by atomic mass is 16.2. The van der Waals surface area contributed by atoms with E-state index in [0.29, 0.717) is 25.9 Å². The Morgan fingerprint density at radius 3 is 2.67 bits per heavy atom. The molecule has 1 fully saturated rings. The standard InChI is InChI=1S/C18H22N4O2/c1-12-19-11-17(20-12)15-4-3-5-16(10-15)21-18(24)14-6-8-22(9-7-14)13(2)23/h3-5,10-11,14H,6-9H2,1-2H3,(H,19,20)(H,21,24).